The van der Waals surface area contributed by atoms with Crippen molar-refractivity contribution in [2.24, 2.45) is 0 Å². The van der Waals surface area contributed by atoms with Gasteiger partial charge in [0.1, 0.15) is 5.75 Å². The zero-order valence-electron chi connectivity index (χ0n) is 9.92. The summed E-state index contributed by atoms with van der Waals surface area (Å²) in [5.41, 5.74) is 4.21. The van der Waals surface area contributed by atoms with Crippen LogP contribution in [0.2, 0.25) is 0 Å². The number of aromatic hydroxyl groups is 1. The Bertz CT molecular complexity index is 452. The maximum Gasteiger partial charge on any atom is 0.217 e. The van der Waals surface area contributed by atoms with Crippen LogP contribution in [0.4, 0.5) is 0 Å². The van der Waals surface area contributed by atoms with Gasteiger partial charge in [0.15, 0.2) is 0 Å². The van der Waals surface area contributed by atoms with Crippen LogP contribution < -0.4 is 5.32 Å². The molecule has 1 aliphatic carbocycles. The molecule has 1 amide bonds. The van der Waals surface area contributed by atoms with Gasteiger partial charge in [0.25, 0.3) is 0 Å². The highest BCUT2D eigenvalue weighted by Crippen LogP contribution is 2.40. The average molecular weight is 219 g/mol. The van der Waals surface area contributed by atoms with Gasteiger partial charge in [-0.2, -0.15) is 0 Å². The van der Waals surface area contributed by atoms with Gasteiger partial charge >= 0.3 is 0 Å². The summed E-state index contributed by atoms with van der Waals surface area (Å²) in [5, 5.41) is 13.0. The van der Waals surface area contributed by atoms with E-state index in [4.69, 9.17) is 0 Å². The molecule has 1 aliphatic rings. The molecule has 1 aromatic rings. The monoisotopic (exact) mass is 219 g/mol. The first kappa shape index (κ1) is 11.0. The predicted octanol–water partition coefficient (Wildman–Crippen LogP) is 2.13. The van der Waals surface area contributed by atoms with E-state index in [1.54, 1.807) is 0 Å². The van der Waals surface area contributed by atoms with Crippen molar-refractivity contribution < 1.29 is 9.90 Å². The largest absolute Gasteiger partial charge is 0.507 e. The fraction of sp³-hybridized carbons (Fsp3) is 0.462. The molecule has 3 nitrogen and oxygen atoms in total. The molecule has 2 rings (SSSR count). The van der Waals surface area contributed by atoms with Crippen LogP contribution >= 0.6 is 0 Å². The van der Waals surface area contributed by atoms with Gasteiger partial charge in [0.2, 0.25) is 5.91 Å². The highest BCUT2D eigenvalue weighted by molar-refractivity contribution is 5.74. The van der Waals surface area contributed by atoms with Gasteiger partial charge < -0.3 is 10.4 Å². The van der Waals surface area contributed by atoms with Crippen molar-refractivity contribution in [3.05, 3.63) is 28.3 Å². The minimum Gasteiger partial charge on any atom is -0.507 e. The Kier molecular flexibility index (Phi) is 2.62. The number of carbonyl (C=O) groups excluding carboxylic acids is 1. The molecule has 0 saturated carbocycles. The molecule has 1 atom stereocenters. The molecule has 0 radical (unpaired) electrons. The van der Waals surface area contributed by atoms with E-state index in [0.29, 0.717) is 5.75 Å². The van der Waals surface area contributed by atoms with Gasteiger partial charge in [0.05, 0.1) is 6.04 Å². The minimum absolute atomic E-state index is 0.0221. The Balaban J connectivity index is 2.48. The first-order valence-electron chi connectivity index (χ1n) is 5.59. The molecule has 86 valence electrons. The molecule has 0 fully saturated rings. The molecule has 1 unspecified atom stereocenters. The standard InChI is InChI=1S/C13H17NO2/c1-7-6-8(2)13(16)12-10(7)4-5-11(12)14-9(3)15/h6,11,16H,4-5H2,1-3H3,(H,14,15). The summed E-state index contributed by atoms with van der Waals surface area (Å²) >= 11 is 0. The molecule has 1 aromatic carbocycles. The minimum atomic E-state index is -0.0450. The van der Waals surface area contributed by atoms with E-state index < -0.39 is 0 Å². The quantitative estimate of drug-likeness (QED) is 0.760. The number of hydrogen-bond acceptors (Lipinski definition) is 2. The molecular formula is C13H17NO2. The number of carbonyl (C=O) groups is 1. The van der Waals surface area contributed by atoms with Crippen LogP contribution in [0.5, 0.6) is 5.75 Å². The lowest BCUT2D eigenvalue weighted by atomic mass is 9.98. The first-order chi connectivity index (χ1) is 7.50. The number of phenolic OH excluding ortho intramolecular Hbond substituents is 1. The van der Waals surface area contributed by atoms with Crippen molar-refractivity contribution in [1.29, 1.82) is 0 Å². The van der Waals surface area contributed by atoms with Crippen LogP contribution in [0.1, 0.15) is 41.6 Å². The van der Waals surface area contributed by atoms with Gasteiger partial charge in [-0.05, 0) is 43.4 Å². The molecule has 0 aliphatic heterocycles. The van der Waals surface area contributed by atoms with Crippen LogP contribution in [0.25, 0.3) is 0 Å². The zero-order valence-corrected chi connectivity index (χ0v) is 9.92. The van der Waals surface area contributed by atoms with Crippen LogP contribution in [0.15, 0.2) is 6.07 Å². The summed E-state index contributed by atoms with van der Waals surface area (Å²) < 4.78 is 0. The SMILES string of the molecule is CC(=O)NC1CCc2c(C)cc(C)c(O)c21. The van der Waals surface area contributed by atoms with Crippen molar-refractivity contribution >= 4 is 5.91 Å². The van der Waals surface area contributed by atoms with Gasteiger partial charge in [-0.15, -0.1) is 0 Å². The Morgan fingerprint density at radius 3 is 2.75 bits per heavy atom. The van der Waals surface area contributed by atoms with Gasteiger partial charge in [-0.25, -0.2) is 0 Å². The maximum atomic E-state index is 11.1. The number of aryl methyl sites for hydroxylation is 2. The third-order valence-corrected chi connectivity index (χ3v) is 3.27. The normalized spacial score (nSPS) is 18.3. The third-order valence-electron chi connectivity index (χ3n) is 3.27. The number of rotatable bonds is 1. The maximum absolute atomic E-state index is 11.1. The van der Waals surface area contributed by atoms with E-state index in [0.717, 1.165) is 24.0 Å². The van der Waals surface area contributed by atoms with Gasteiger partial charge in [-0.3, -0.25) is 4.79 Å². The fourth-order valence-corrected chi connectivity index (χ4v) is 2.58. The lowest BCUT2D eigenvalue weighted by molar-refractivity contribution is -0.119. The third kappa shape index (κ3) is 1.66. The van der Waals surface area contributed by atoms with Crippen molar-refractivity contribution in [2.45, 2.75) is 39.7 Å². The second-order valence-electron chi connectivity index (χ2n) is 4.54. The Morgan fingerprint density at radius 1 is 1.44 bits per heavy atom. The Hall–Kier alpha value is -1.51. The molecule has 3 heteroatoms. The van der Waals surface area contributed by atoms with Gasteiger partial charge in [0, 0.05) is 12.5 Å². The van der Waals surface area contributed by atoms with E-state index in [9.17, 15) is 9.90 Å². The fourth-order valence-electron chi connectivity index (χ4n) is 2.58. The first-order valence-corrected chi connectivity index (χ1v) is 5.59. The van der Waals surface area contributed by atoms with E-state index in [-0.39, 0.29) is 11.9 Å². The summed E-state index contributed by atoms with van der Waals surface area (Å²) in [7, 11) is 0. The lowest BCUT2D eigenvalue weighted by Gasteiger charge is -2.16. The van der Waals surface area contributed by atoms with E-state index in [2.05, 4.69) is 12.2 Å². The average Bonchev–Trinajstić information content (AvgIpc) is 2.58. The van der Waals surface area contributed by atoms with E-state index in [1.165, 1.54) is 18.1 Å². The van der Waals surface area contributed by atoms with Crippen molar-refractivity contribution in [3.63, 3.8) is 0 Å². The molecule has 0 aromatic heterocycles. The molecular weight excluding hydrogens is 202 g/mol. The molecule has 0 bridgehead atoms. The zero-order chi connectivity index (χ0) is 11.9. The summed E-state index contributed by atoms with van der Waals surface area (Å²) in [6.07, 6.45) is 1.81. The predicted molar refractivity (Wildman–Crippen MR) is 62.5 cm³/mol. The summed E-state index contributed by atoms with van der Waals surface area (Å²) in [4.78, 5) is 11.1. The smallest absolute Gasteiger partial charge is 0.217 e. The number of hydrogen-bond donors (Lipinski definition) is 2. The molecule has 16 heavy (non-hydrogen) atoms. The Labute approximate surface area is 95.5 Å². The van der Waals surface area contributed by atoms with E-state index >= 15 is 0 Å². The summed E-state index contributed by atoms with van der Waals surface area (Å²) in [6.45, 7) is 5.46. The van der Waals surface area contributed by atoms with Crippen LogP contribution in [0, 0.1) is 13.8 Å². The molecule has 0 saturated heterocycles. The number of nitrogens with one attached hydrogen (secondary N) is 1. The van der Waals surface area contributed by atoms with Gasteiger partial charge in [-0.1, -0.05) is 6.07 Å². The molecule has 2 N–H and O–H groups in total. The van der Waals surface area contributed by atoms with Crippen LogP contribution in [-0.4, -0.2) is 11.0 Å². The number of amides is 1. The number of fused-ring (bicyclic) bond motifs is 1. The lowest BCUT2D eigenvalue weighted by Crippen LogP contribution is -2.24. The second-order valence-corrected chi connectivity index (χ2v) is 4.54. The summed E-state index contributed by atoms with van der Waals surface area (Å²) in [6, 6.07) is 1.98. The summed E-state index contributed by atoms with van der Waals surface area (Å²) in [5.74, 6) is 0.299. The molecule has 0 heterocycles. The molecule has 0 spiro atoms. The Morgan fingerprint density at radius 2 is 2.12 bits per heavy atom. The second kappa shape index (κ2) is 3.81. The highest BCUT2D eigenvalue weighted by atomic mass is 16.3. The number of benzene rings is 1. The van der Waals surface area contributed by atoms with Crippen molar-refractivity contribution in [2.75, 3.05) is 0 Å². The van der Waals surface area contributed by atoms with Crippen LogP contribution in [0.3, 0.4) is 0 Å². The topological polar surface area (TPSA) is 49.3 Å². The van der Waals surface area contributed by atoms with E-state index in [1.807, 2.05) is 13.0 Å². The number of phenols is 1. The van der Waals surface area contributed by atoms with Crippen molar-refractivity contribution in [1.82, 2.24) is 5.32 Å². The highest BCUT2D eigenvalue weighted by Gasteiger charge is 2.28. The van der Waals surface area contributed by atoms with Crippen LogP contribution in [-0.2, 0) is 11.2 Å². The van der Waals surface area contributed by atoms with Crippen molar-refractivity contribution in [3.8, 4) is 5.75 Å².